The Labute approximate surface area is 201 Å². The van der Waals surface area contributed by atoms with Crippen LogP contribution in [0.25, 0.3) is 0 Å². The summed E-state index contributed by atoms with van der Waals surface area (Å²) in [5.41, 5.74) is 3.93. The summed E-state index contributed by atoms with van der Waals surface area (Å²) in [6, 6.07) is 27.4. The van der Waals surface area contributed by atoms with Gasteiger partial charge in [0.25, 0.3) is 0 Å². The van der Waals surface area contributed by atoms with E-state index in [1.807, 2.05) is 91.9 Å². The van der Waals surface area contributed by atoms with Crippen molar-refractivity contribution in [3.8, 4) is 0 Å². The lowest BCUT2D eigenvalue weighted by Crippen LogP contribution is -2.48. The zero-order valence-electron chi connectivity index (χ0n) is 19.5. The second kappa shape index (κ2) is 11.4. The Morgan fingerprint density at radius 3 is 1.76 bits per heavy atom. The van der Waals surface area contributed by atoms with Gasteiger partial charge in [-0.1, -0.05) is 66.2 Å². The van der Waals surface area contributed by atoms with Crippen LogP contribution in [0.2, 0.25) is 0 Å². The number of hydrogen-bond donors (Lipinski definition) is 3. The van der Waals surface area contributed by atoms with Crippen molar-refractivity contribution in [1.82, 2.24) is 16.0 Å². The zero-order valence-corrected chi connectivity index (χ0v) is 19.5. The molecular weight excluding hydrogens is 424 g/mol. The summed E-state index contributed by atoms with van der Waals surface area (Å²) >= 11 is 0. The number of para-hydroxylation sites is 2. The normalized spacial score (nSPS) is 17.4. The average Bonchev–Trinajstić information content (AvgIpc) is 2.86. The Kier molecular flexibility index (Phi) is 7.81. The van der Waals surface area contributed by atoms with Crippen LogP contribution in [0.1, 0.15) is 36.8 Å². The number of carbonyl (C=O) groups is 2. The van der Waals surface area contributed by atoms with Crippen molar-refractivity contribution in [2.75, 3.05) is 4.90 Å². The van der Waals surface area contributed by atoms with E-state index in [9.17, 15) is 9.59 Å². The Balaban J connectivity index is 1.27. The van der Waals surface area contributed by atoms with E-state index >= 15 is 0 Å². The summed E-state index contributed by atoms with van der Waals surface area (Å²) in [4.78, 5) is 27.3. The minimum absolute atomic E-state index is 0.0797. The van der Waals surface area contributed by atoms with Crippen LogP contribution in [0.3, 0.4) is 0 Å². The lowest BCUT2D eigenvalue weighted by atomic mass is 9.91. The highest BCUT2D eigenvalue weighted by Crippen LogP contribution is 2.26. The first-order chi connectivity index (χ1) is 16.6. The number of urea groups is 2. The van der Waals surface area contributed by atoms with Crippen molar-refractivity contribution < 1.29 is 9.59 Å². The highest BCUT2D eigenvalue weighted by atomic mass is 16.2. The van der Waals surface area contributed by atoms with Gasteiger partial charge < -0.3 is 16.0 Å². The van der Waals surface area contributed by atoms with Crippen LogP contribution >= 0.6 is 0 Å². The molecule has 0 bridgehead atoms. The lowest BCUT2D eigenvalue weighted by Gasteiger charge is -2.32. The maximum absolute atomic E-state index is 13.2. The molecule has 6 nitrogen and oxygen atoms in total. The number of carbonyl (C=O) groups excluding carboxylic acids is 2. The van der Waals surface area contributed by atoms with Gasteiger partial charge in [0.15, 0.2) is 0 Å². The topological polar surface area (TPSA) is 73.5 Å². The van der Waals surface area contributed by atoms with Gasteiger partial charge in [0.05, 0.1) is 11.4 Å². The van der Waals surface area contributed by atoms with Crippen LogP contribution < -0.4 is 20.9 Å². The zero-order chi connectivity index (χ0) is 23.8. The van der Waals surface area contributed by atoms with Gasteiger partial charge in [-0.15, -0.1) is 0 Å². The molecule has 0 unspecified atom stereocenters. The van der Waals surface area contributed by atoms with E-state index in [2.05, 4.69) is 16.0 Å². The van der Waals surface area contributed by atoms with Crippen molar-refractivity contribution in [3.63, 3.8) is 0 Å². The fourth-order valence-electron chi connectivity index (χ4n) is 4.28. The van der Waals surface area contributed by atoms with Crippen molar-refractivity contribution in [1.29, 1.82) is 0 Å². The minimum atomic E-state index is -0.146. The van der Waals surface area contributed by atoms with Gasteiger partial charge in [-0.05, 0) is 62.4 Å². The molecule has 4 amide bonds. The molecule has 176 valence electrons. The summed E-state index contributed by atoms with van der Waals surface area (Å²) in [6.07, 6.45) is 3.32. The molecule has 3 aromatic rings. The molecule has 1 aliphatic rings. The highest BCUT2D eigenvalue weighted by molar-refractivity contribution is 5.99. The van der Waals surface area contributed by atoms with E-state index in [-0.39, 0.29) is 24.1 Å². The standard InChI is InChI=1S/C28H32N4O2/c1-21-12-14-22(15-13-21)20-29-27(33)30-23-16-18-24(19-17-23)31-28(34)32(25-8-4-2-5-9-25)26-10-6-3-7-11-26/h2-15,23-24H,16-20H2,1H3,(H,31,34)(H2,29,30,33). The van der Waals surface area contributed by atoms with Gasteiger partial charge >= 0.3 is 12.1 Å². The minimum Gasteiger partial charge on any atom is -0.335 e. The van der Waals surface area contributed by atoms with E-state index in [1.165, 1.54) is 5.56 Å². The number of hydrogen-bond acceptors (Lipinski definition) is 2. The summed E-state index contributed by atoms with van der Waals surface area (Å²) in [6.45, 7) is 2.55. The van der Waals surface area contributed by atoms with E-state index in [4.69, 9.17) is 0 Å². The van der Waals surface area contributed by atoms with Crippen LogP contribution in [0.15, 0.2) is 84.9 Å². The second-order valence-corrected chi connectivity index (χ2v) is 8.82. The van der Waals surface area contributed by atoms with Crippen molar-refractivity contribution in [3.05, 3.63) is 96.1 Å². The Bertz CT molecular complexity index is 1020. The Hall–Kier alpha value is -3.80. The number of nitrogens with zero attached hydrogens (tertiary/aromatic N) is 1. The van der Waals surface area contributed by atoms with E-state index < -0.39 is 0 Å². The number of nitrogens with one attached hydrogen (secondary N) is 3. The molecule has 0 atom stereocenters. The highest BCUT2D eigenvalue weighted by Gasteiger charge is 2.26. The monoisotopic (exact) mass is 456 g/mol. The number of rotatable bonds is 6. The maximum Gasteiger partial charge on any atom is 0.326 e. The molecule has 3 N–H and O–H groups in total. The van der Waals surface area contributed by atoms with E-state index in [1.54, 1.807) is 4.90 Å². The summed E-state index contributed by atoms with van der Waals surface area (Å²) in [7, 11) is 0. The predicted molar refractivity (Wildman–Crippen MR) is 136 cm³/mol. The molecule has 0 aromatic heterocycles. The van der Waals surface area contributed by atoms with Gasteiger partial charge in [0.2, 0.25) is 0 Å². The third-order valence-corrected chi connectivity index (χ3v) is 6.20. The SMILES string of the molecule is Cc1ccc(CNC(=O)NC2CCC(NC(=O)N(c3ccccc3)c3ccccc3)CC2)cc1. The van der Waals surface area contributed by atoms with Crippen LogP contribution in [-0.2, 0) is 6.54 Å². The molecule has 1 saturated carbocycles. The van der Waals surface area contributed by atoms with Crippen LogP contribution in [-0.4, -0.2) is 24.1 Å². The molecule has 6 heteroatoms. The van der Waals surface area contributed by atoms with E-state index in [0.717, 1.165) is 42.6 Å². The first-order valence-electron chi connectivity index (χ1n) is 11.9. The fourth-order valence-corrected chi connectivity index (χ4v) is 4.28. The van der Waals surface area contributed by atoms with Crippen molar-refractivity contribution >= 4 is 23.4 Å². The van der Waals surface area contributed by atoms with Crippen LogP contribution in [0.5, 0.6) is 0 Å². The lowest BCUT2D eigenvalue weighted by molar-refractivity contribution is 0.224. The number of amides is 4. The maximum atomic E-state index is 13.2. The van der Waals surface area contributed by atoms with Crippen LogP contribution in [0.4, 0.5) is 21.0 Å². The fraction of sp³-hybridized carbons (Fsp3) is 0.286. The average molecular weight is 457 g/mol. The van der Waals surface area contributed by atoms with Crippen molar-refractivity contribution in [2.24, 2.45) is 0 Å². The third kappa shape index (κ3) is 6.38. The molecule has 1 fully saturated rings. The third-order valence-electron chi connectivity index (χ3n) is 6.20. The first kappa shape index (κ1) is 23.4. The quantitative estimate of drug-likeness (QED) is 0.448. The van der Waals surface area contributed by atoms with Gasteiger partial charge in [0.1, 0.15) is 0 Å². The van der Waals surface area contributed by atoms with Gasteiger partial charge in [0, 0.05) is 18.6 Å². The molecule has 0 saturated heterocycles. The van der Waals surface area contributed by atoms with Gasteiger partial charge in [-0.25, -0.2) is 9.59 Å². The summed E-state index contributed by atoms with van der Waals surface area (Å²) < 4.78 is 0. The van der Waals surface area contributed by atoms with Crippen LogP contribution in [0, 0.1) is 6.92 Å². The summed E-state index contributed by atoms with van der Waals surface area (Å²) in [5, 5.41) is 9.21. The van der Waals surface area contributed by atoms with Gasteiger partial charge in [-0.2, -0.15) is 0 Å². The first-order valence-corrected chi connectivity index (χ1v) is 11.9. The largest absolute Gasteiger partial charge is 0.335 e. The molecule has 1 aliphatic carbocycles. The molecule has 0 heterocycles. The second-order valence-electron chi connectivity index (χ2n) is 8.82. The number of benzene rings is 3. The molecule has 4 rings (SSSR count). The molecule has 0 spiro atoms. The molecule has 0 radical (unpaired) electrons. The smallest absolute Gasteiger partial charge is 0.326 e. The molecule has 0 aliphatic heterocycles. The van der Waals surface area contributed by atoms with Crippen molar-refractivity contribution in [2.45, 2.75) is 51.2 Å². The van der Waals surface area contributed by atoms with E-state index in [0.29, 0.717) is 6.54 Å². The summed E-state index contributed by atoms with van der Waals surface area (Å²) in [5.74, 6) is 0. The Morgan fingerprint density at radius 1 is 0.735 bits per heavy atom. The number of anilines is 2. The molecular formula is C28H32N4O2. The number of aryl methyl sites for hydroxylation is 1. The molecule has 3 aromatic carbocycles. The predicted octanol–water partition coefficient (Wildman–Crippen LogP) is 5.65. The Morgan fingerprint density at radius 2 is 1.24 bits per heavy atom. The van der Waals surface area contributed by atoms with Gasteiger partial charge in [-0.3, -0.25) is 4.90 Å². The molecule has 34 heavy (non-hydrogen) atoms.